The first kappa shape index (κ1) is 22.2. The van der Waals surface area contributed by atoms with Crippen LogP contribution in [0, 0.1) is 11.3 Å². The molecule has 0 radical (unpaired) electrons. The molecule has 0 unspecified atom stereocenters. The highest BCUT2D eigenvalue weighted by Crippen LogP contribution is 2.40. The van der Waals surface area contributed by atoms with Gasteiger partial charge >= 0.3 is 12.2 Å². The number of carbonyl (C=O) groups is 2. The van der Waals surface area contributed by atoms with Gasteiger partial charge in [-0.2, -0.15) is 10.4 Å². The minimum Gasteiger partial charge on any atom is -0.465 e. The van der Waals surface area contributed by atoms with Gasteiger partial charge < -0.3 is 29.5 Å². The summed E-state index contributed by atoms with van der Waals surface area (Å²) in [6, 6.07) is 4.65. The molecule has 13 nitrogen and oxygen atoms in total. The number of hydrogen-bond acceptors (Lipinski definition) is 10. The number of amides is 1. The number of rotatable bonds is 4. The number of ether oxygens (including phenoxy) is 3. The van der Waals surface area contributed by atoms with Crippen molar-refractivity contribution in [3.05, 3.63) is 24.2 Å². The average Bonchev–Trinajstić information content (AvgIpc) is 3.20. The van der Waals surface area contributed by atoms with E-state index in [1.807, 2.05) is 6.07 Å². The molecule has 4 N–H and O–H groups in total. The van der Waals surface area contributed by atoms with Gasteiger partial charge in [0.15, 0.2) is 5.82 Å². The molecule has 0 aliphatic carbocycles. The fraction of sp³-hybridized carbons (Fsp3) is 0.500. The second-order valence-corrected chi connectivity index (χ2v) is 7.77. The van der Waals surface area contributed by atoms with Gasteiger partial charge in [0.1, 0.15) is 48.4 Å². The summed E-state index contributed by atoms with van der Waals surface area (Å²) >= 11 is 0. The number of nitriles is 1. The van der Waals surface area contributed by atoms with Crippen molar-refractivity contribution < 1.29 is 39.1 Å². The van der Waals surface area contributed by atoms with Crippen LogP contribution in [-0.2, 0) is 19.8 Å². The zero-order valence-corrected chi connectivity index (χ0v) is 16.8. The van der Waals surface area contributed by atoms with Gasteiger partial charge in [-0.15, -0.1) is 0 Å². The average molecular weight is 435 g/mol. The Labute approximate surface area is 175 Å². The van der Waals surface area contributed by atoms with E-state index in [0.717, 1.165) is 10.8 Å². The van der Waals surface area contributed by atoms with E-state index in [-0.39, 0.29) is 17.0 Å². The van der Waals surface area contributed by atoms with Crippen LogP contribution in [0.4, 0.5) is 15.4 Å². The Balaban J connectivity index is 1.89. The number of fused-ring (bicyclic) bond motifs is 1. The number of carbonyl (C=O) groups excluding carboxylic acids is 1. The summed E-state index contributed by atoms with van der Waals surface area (Å²) in [6.07, 6.45) is -5.86. The van der Waals surface area contributed by atoms with E-state index in [9.17, 15) is 25.1 Å². The predicted octanol–water partition coefficient (Wildman–Crippen LogP) is 0.610. The van der Waals surface area contributed by atoms with E-state index in [4.69, 9.17) is 19.3 Å². The molecule has 0 aromatic carbocycles. The minimum absolute atomic E-state index is 0.0205. The second-order valence-electron chi connectivity index (χ2n) is 7.77. The van der Waals surface area contributed by atoms with Crippen molar-refractivity contribution in [2.45, 2.75) is 50.3 Å². The molecule has 1 fully saturated rings. The smallest absolute Gasteiger partial charge is 0.465 e. The zero-order valence-electron chi connectivity index (χ0n) is 16.8. The molecule has 1 saturated heterocycles. The monoisotopic (exact) mass is 435 g/mol. The lowest BCUT2D eigenvalue weighted by molar-refractivity contribution is -0.0789. The highest BCUT2D eigenvalue weighted by Gasteiger charge is 2.58. The summed E-state index contributed by atoms with van der Waals surface area (Å²) in [6.45, 7) is 4.45. The lowest BCUT2D eigenvalue weighted by Crippen LogP contribution is -2.41. The molecule has 4 atom stereocenters. The number of aliphatic hydroxyl groups is 2. The number of hydrogen-bond donors (Lipinski definition) is 4. The summed E-state index contributed by atoms with van der Waals surface area (Å²) < 4.78 is 16.8. The van der Waals surface area contributed by atoms with E-state index in [2.05, 4.69) is 15.4 Å². The molecule has 2 aromatic rings. The summed E-state index contributed by atoms with van der Waals surface area (Å²) in [5, 5.41) is 46.0. The lowest BCUT2D eigenvalue weighted by atomic mass is 9.92. The fourth-order valence-corrected chi connectivity index (χ4v) is 3.16. The van der Waals surface area contributed by atoms with E-state index < -0.39 is 48.4 Å². The molecule has 31 heavy (non-hydrogen) atoms. The minimum atomic E-state index is -2.08. The standard InChI is InChI=1S/C18H21N5O8/c1-17(2,3)31-16(28)29-6-10-12(24)13(25)18(7-19,30-10)11-5-4-9-14(22-15(26)27)20-8-21-23(9)11/h4-5,8,10,12-13,24-25H,6H2,1-3H3,(H,26,27)(H,20,21,22)/t10-,12-,13-,18+/m1/s1. The molecular formula is C18H21N5O8. The maximum Gasteiger partial charge on any atom is 0.508 e. The van der Waals surface area contributed by atoms with Crippen LogP contribution in [0.1, 0.15) is 26.5 Å². The van der Waals surface area contributed by atoms with Crippen LogP contribution in [0.15, 0.2) is 18.5 Å². The van der Waals surface area contributed by atoms with Crippen LogP contribution in [0.3, 0.4) is 0 Å². The number of nitrogens with one attached hydrogen (secondary N) is 1. The third-order valence-corrected chi connectivity index (χ3v) is 4.44. The lowest BCUT2D eigenvalue weighted by Gasteiger charge is -2.24. The summed E-state index contributed by atoms with van der Waals surface area (Å²) in [4.78, 5) is 26.6. The topological polar surface area (TPSA) is 189 Å². The normalized spacial score (nSPS) is 25.7. The zero-order chi connectivity index (χ0) is 23.0. The van der Waals surface area contributed by atoms with Crippen LogP contribution < -0.4 is 5.32 Å². The number of aliphatic hydroxyl groups excluding tert-OH is 2. The number of carboxylic acid groups (broad SMARTS) is 1. The number of anilines is 1. The first-order chi connectivity index (χ1) is 14.5. The number of aromatic nitrogens is 3. The highest BCUT2D eigenvalue weighted by atomic mass is 16.7. The third kappa shape index (κ3) is 4.22. The van der Waals surface area contributed by atoms with Gasteiger partial charge in [-0.25, -0.2) is 19.1 Å². The molecule has 0 saturated carbocycles. The second kappa shape index (κ2) is 7.99. The van der Waals surface area contributed by atoms with Gasteiger partial charge in [0, 0.05) is 0 Å². The summed E-state index contributed by atoms with van der Waals surface area (Å²) in [5.41, 5.74) is -2.67. The van der Waals surface area contributed by atoms with Gasteiger partial charge in [0.05, 0.1) is 5.69 Å². The Hall–Kier alpha value is -3.47. The van der Waals surface area contributed by atoms with Crippen LogP contribution in [0.5, 0.6) is 0 Å². The Morgan fingerprint density at radius 1 is 1.39 bits per heavy atom. The Morgan fingerprint density at radius 2 is 2.10 bits per heavy atom. The molecule has 0 bridgehead atoms. The van der Waals surface area contributed by atoms with Crippen molar-refractivity contribution >= 4 is 23.6 Å². The van der Waals surface area contributed by atoms with Crippen LogP contribution in [0.25, 0.3) is 5.52 Å². The molecule has 1 amide bonds. The van der Waals surface area contributed by atoms with Crippen molar-refractivity contribution in [3.8, 4) is 6.07 Å². The summed E-state index contributed by atoms with van der Waals surface area (Å²) in [7, 11) is 0. The van der Waals surface area contributed by atoms with Gasteiger partial charge in [0.25, 0.3) is 0 Å². The Kier molecular flexibility index (Phi) is 5.72. The van der Waals surface area contributed by atoms with Gasteiger partial charge in [-0.05, 0) is 32.9 Å². The number of nitrogens with zero attached hydrogens (tertiary/aromatic N) is 4. The maximum absolute atomic E-state index is 11.8. The Bertz CT molecular complexity index is 1040. The molecule has 1 aliphatic rings. The van der Waals surface area contributed by atoms with Crippen molar-refractivity contribution in [2.75, 3.05) is 11.9 Å². The van der Waals surface area contributed by atoms with Crippen molar-refractivity contribution in [1.82, 2.24) is 14.6 Å². The molecule has 13 heteroatoms. The van der Waals surface area contributed by atoms with Gasteiger partial charge in [-0.1, -0.05) is 0 Å². The predicted molar refractivity (Wildman–Crippen MR) is 101 cm³/mol. The van der Waals surface area contributed by atoms with Crippen molar-refractivity contribution in [1.29, 1.82) is 5.26 Å². The maximum atomic E-state index is 11.8. The van der Waals surface area contributed by atoms with E-state index >= 15 is 0 Å². The Morgan fingerprint density at radius 3 is 2.71 bits per heavy atom. The quantitative estimate of drug-likeness (QED) is 0.492. The third-order valence-electron chi connectivity index (χ3n) is 4.44. The van der Waals surface area contributed by atoms with E-state index in [1.165, 1.54) is 12.1 Å². The molecule has 2 aromatic heterocycles. The van der Waals surface area contributed by atoms with Crippen molar-refractivity contribution in [3.63, 3.8) is 0 Å². The van der Waals surface area contributed by atoms with Gasteiger partial charge in [0.2, 0.25) is 5.60 Å². The molecule has 3 heterocycles. The van der Waals surface area contributed by atoms with Crippen LogP contribution in [0.2, 0.25) is 0 Å². The summed E-state index contributed by atoms with van der Waals surface area (Å²) in [5.74, 6) is -0.0558. The fourth-order valence-electron chi connectivity index (χ4n) is 3.16. The molecule has 1 aliphatic heterocycles. The highest BCUT2D eigenvalue weighted by molar-refractivity contribution is 5.87. The van der Waals surface area contributed by atoms with Gasteiger partial charge in [-0.3, -0.25) is 5.32 Å². The first-order valence-electron chi connectivity index (χ1n) is 9.12. The largest absolute Gasteiger partial charge is 0.508 e. The van der Waals surface area contributed by atoms with Crippen LogP contribution in [-0.4, -0.2) is 72.7 Å². The van der Waals surface area contributed by atoms with E-state index in [0.29, 0.717) is 0 Å². The van der Waals surface area contributed by atoms with E-state index in [1.54, 1.807) is 20.8 Å². The van der Waals surface area contributed by atoms with Crippen molar-refractivity contribution in [2.24, 2.45) is 0 Å². The molecule has 3 rings (SSSR count). The SMILES string of the molecule is CC(C)(C)OC(=O)OC[C@H]1O[C@@](C#N)(c2ccc3c(NC(=O)O)ncnn23)[C@H](O)[C@@H]1O. The van der Waals surface area contributed by atoms with Crippen LogP contribution >= 0.6 is 0 Å². The molecular weight excluding hydrogens is 414 g/mol. The first-order valence-corrected chi connectivity index (χ1v) is 9.12. The molecule has 0 spiro atoms. The molecule has 166 valence electrons.